The molecule has 1 aliphatic heterocycles. The van der Waals surface area contributed by atoms with E-state index >= 15 is 0 Å². The molecule has 0 radical (unpaired) electrons. The summed E-state index contributed by atoms with van der Waals surface area (Å²) in [5.41, 5.74) is 0.583. The van der Waals surface area contributed by atoms with Gasteiger partial charge in [-0.25, -0.2) is 0 Å². The van der Waals surface area contributed by atoms with E-state index in [2.05, 4.69) is 15.2 Å². The lowest BCUT2D eigenvalue weighted by Crippen LogP contribution is -2.31. The molecule has 1 amide bonds. The van der Waals surface area contributed by atoms with Crippen LogP contribution in [0.4, 0.5) is 0 Å². The third kappa shape index (κ3) is 3.44. The predicted octanol–water partition coefficient (Wildman–Crippen LogP) is 1.39. The summed E-state index contributed by atoms with van der Waals surface area (Å²) >= 11 is 0. The number of nitrogens with zero attached hydrogens (tertiary/aromatic N) is 5. The van der Waals surface area contributed by atoms with Gasteiger partial charge in [0.05, 0.1) is 12.5 Å². The summed E-state index contributed by atoms with van der Waals surface area (Å²) in [7, 11) is 1.78. The minimum Gasteiger partial charge on any atom is -0.381 e. The normalized spacial score (nSPS) is 23.4. The number of carbonyl (C=O) groups is 1. The maximum Gasteiger partial charge on any atom is 0.272 e. The van der Waals surface area contributed by atoms with Crippen LogP contribution in [0.25, 0.3) is 0 Å². The van der Waals surface area contributed by atoms with E-state index in [0.29, 0.717) is 37.1 Å². The van der Waals surface area contributed by atoms with E-state index in [1.54, 1.807) is 30.9 Å². The molecule has 134 valence electrons. The third-order valence-corrected chi connectivity index (χ3v) is 5.01. The minimum atomic E-state index is -0.0223. The molecular formula is C17H23N5O3. The van der Waals surface area contributed by atoms with Gasteiger partial charge >= 0.3 is 0 Å². The molecule has 2 aliphatic rings. The zero-order valence-electron chi connectivity index (χ0n) is 14.6. The topological polar surface area (TPSA) is 86.3 Å². The van der Waals surface area contributed by atoms with Gasteiger partial charge in [0.15, 0.2) is 5.82 Å². The molecule has 3 heterocycles. The van der Waals surface area contributed by atoms with Crippen molar-refractivity contribution in [2.45, 2.75) is 25.7 Å². The molecule has 2 aromatic rings. The number of rotatable bonds is 6. The SMILES string of the molecule is Cc1noc([C@@H]2CN(C(=O)c3ccnn3C)C[C@H]2COCC2CC2)n1. The summed E-state index contributed by atoms with van der Waals surface area (Å²) in [4.78, 5) is 19.0. The van der Waals surface area contributed by atoms with Gasteiger partial charge < -0.3 is 14.2 Å². The van der Waals surface area contributed by atoms with Gasteiger partial charge in [-0.1, -0.05) is 5.16 Å². The Balaban J connectivity index is 1.48. The van der Waals surface area contributed by atoms with Crippen LogP contribution in [0.15, 0.2) is 16.8 Å². The van der Waals surface area contributed by atoms with Crippen molar-refractivity contribution in [3.05, 3.63) is 29.7 Å². The Kier molecular flexibility index (Phi) is 4.29. The number of aromatic nitrogens is 4. The van der Waals surface area contributed by atoms with Crippen LogP contribution in [0.5, 0.6) is 0 Å². The fourth-order valence-electron chi connectivity index (χ4n) is 3.37. The van der Waals surface area contributed by atoms with Crippen LogP contribution in [0, 0.1) is 18.8 Å². The average molecular weight is 345 g/mol. The first-order valence-electron chi connectivity index (χ1n) is 8.77. The van der Waals surface area contributed by atoms with Gasteiger partial charge in [0, 0.05) is 38.9 Å². The van der Waals surface area contributed by atoms with Crippen molar-refractivity contribution in [3.8, 4) is 0 Å². The molecule has 8 nitrogen and oxygen atoms in total. The van der Waals surface area contributed by atoms with Crippen molar-refractivity contribution < 1.29 is 14.1 Å². The molecule has 2 fully saturated rings. The first-order chi connectivity index (χ1) is 12.1. The van der Waals surface area contributed by atoms with E-state index in [0.717, 1.165) is 12.5 Å². The Labute approximate surface area is 146 Å². The summed E-state index contributed by atoms with van der Waals surface area (Å²) < 4.78 is 12.9. The summed E-state index contributed by atoms with van der Waals surface area (Å²) in [6.07, 6.45) is 4.17. The highest BCUT2D eigenvalue weighted by atomic mass is 16.5. The number of ether oxygens (including phenoxy) is 1. The van der Waals surface area contributed by atoms with E-state index in [9.17, 15) is 4.79 Å². The quantitative estimate of drug-likeness (QED) is 0.786. The van der Waals surface area contributed by atoms with Crippen LogP contribution in [0.2, 0.25) is 0 Å². The third-order valence-electron chi connectivity index (χ3n) is 5.01. The summed E-state index contributed by atoms with van der Waals surface area (Å²) in [5.74, 6) is 2.08. The van der Waals surface area contributed by atoms with Gasteiger partial charge in [-0.05, 0) is 31.7 Å². The highest BCUT2D eigenvalue weighted by Crippen LogP contribution is 2.34. The van der Waals surface area contributed by atoms with Gasteiger partial charge in [0.2, 0.25) is 5.89 Å². The smallest absolute Gasteiger partial charge is 0.272 e. The molecule has 1 aliphatic carbocycles. The van der Waals surface area contributed by atoms with E-state index in [1.807, 2.05) is 4.90 Å². The van der Waals surface area contributed by atoms with E-state index in [1.165, 1.54) is 12.8 Å². The first-order valence-corrected chi connectivity index (χ1v) is 8.77. The van der Waals surface area contributed by atoms with E-state index < -0.39 is 0 Å². The number of carbonyl (C=O) groups excluding carboxylic acids is 1. The van der Waals surface area contributed by atoms with Crippen LogP contribution in [0.3, 0.4) is 0 Å². The fraction of sp³-hybridized carbons (Fsp3) is 0.647. The van der Waals surface area contributed by atoms with Gasteiger partial charge in [0.25, 0.3) is 5.91 Å². The maximum absolute atomic E-state index is 12.8. The minimum absolute atomic E-state index is 0.0116. The molecule has 2 atom stereocenters. The van der Waals surface area contributed by atoms with E-state index in [4.69, 9.17) is 9.26 Å². The lowest BCUT2D eigenvalue weighted by atomic mass is 9.97. The van der Waals surface area contributed by atoms with Gasteiger partial charge in [0.1, 0.15) is 5.69 Å². The van der Waals surface area contributed by atoms with Gasteiger partial charge in [-0.15, -0.1) is 0 Å². The van der Waals surface area contributed by atoms with Crippen LogP contribution in [0.1, 0.15) is 41.0 Å². The molecule has 0 aromatic carbocycles. The van der Waals surface area contributed by atoms with Crippen LogP contribution >= 0.6 is 0 Å². The average Bonchev–Trinajstić information content (AvgIpc) is 2.96. The molecule has 0 bridgehead atoms. The Morgan fingerprint density at radius 2 is 2.20 bits per heavy atom. The van der Waals surface area contributed by atoms with Crippen molar-refractivity contribution >= 4 is 5.91 Å². The lowest BCUT2D eigenvalue weighted by Gasteiger charge is -2.16. The Morgan fingerprint density at radius 3 is 2.84 bits per heavy atom. The second-order valence-corrected chi connectivity index (χ2v) is 7.08. The van der Waals surface area contributed by atoms with Crippen molar-refractivity contribution in [1.82, 2.24) is 24.8 Å². The second kappa shape index (κ2) is 6.59. The molecule has 1 saturated heterocycles. The summed E-state index contributed by atoms with van der Waals surface area (Å²) in [6.45, 7) is 4.41. The number of hydrogen-bond acceptors (Lipinski definition) is 6. The largest absolute Gasteiger partial charge is 0.381 e. The monoisotopic (exact) mass is 345 g/mol. The van der Waals surface area contributed by atoms with Crippen LogP contribution in [-0.2, 0) is 11.8 Å². The highest BCUT2D eigenvalue weighted by Gasteiger charge is 2.40. The maximum atomic E-state index is 12.8. The number of likely N-dealkylation sites (tertiary alicyclic amines) is 1. The molecule has 0 unspecified atom stereocenters. The Hall–Kier alpha value is -2.22. The predicted molar refractivity (Wildman–Crippen MR) is 87.9 cm³/mol. The molecule has 0 spiro atoms. The Bertz CT molecular complexity index is 751. The zero-order chi connectivity index (χ0) is 17.4. The highest BCUT2D eigenvalue weighted by molar-refractivity contribution is 5.92. The Morgan fingerprint density at radius 1 is 1.36 bits per heavy atom. The van der Waals surface area contributed by atoms with Gasteiger partial charge in [-0.3, -0.25) is 9.48 Å². The number of hydrogen-bond donors (Lipinski definition) is 0. The molecule has 2 aromatic heterocycles. The first kappa shape index (κ1) is 16.3. The van der Waals surface area contributed by atoms with Crippen molar-refractivity contribution in [3.63, 3.8) is 0 Å². The number of amides is 1. The van der Waals surface area contributed by atoms with Crippen LogP contribution in [-0.4, -0.2) is 57.0 Å². The van der Waals surface area contributed by atoms with E-state index in [-0.39, 0.29) is 17.7 Å². The second-order valence-electron chi connectivity index (χ2n) is 7.08. The van der Waals surface area contributed by atoms with Crippen molar-refractivity contribution in [1.29, 1.82) is 0 Å². The number of aryl methyl sites for hydroxylation is 2. The molecular weight excluding hydrogens is 322 g/mol. The lowest BCUT2D eigenvalue weighted by molar-refractivity contribution is 0.0728. The molecule has 25 heavy (non-hydrogen) atoms. The summed E-state index contributed by atoms with van der Waals surface area (Å²) in [6, 6.07) is 1.74. The molecule has 0 N–H and O–H groups in total. The van der Waals surface area contributed by atoms with Crippen molar-refractivity contribution in [2.24, 2.45) is 18.9 Å². The van der Waals surface area contributed by atoms with Crippen molar-refractivity contribution in [2.75, 3.05) is 26.3 Å². The zero-order valence-corrected chi connectivity index (χ0v) is 14.6. The summed E-state index contributed by atoms with van der Waals surface area (Å²) in [5, 5.41) is 7.99. The molecule has 1 saturated carbocycles. The van der Waals surface area contributed by atoms with Gasteiger partial charge in [-0.2, -0.15) is 10.1 Å². The molecule has 8 heteroatoms. The van der Waals surface area contributed by atoms with Crippen LogP contribution < -0.4 is 0 Å². The molecule has 4 rings (SSSR count). The fourth-order valence-corrected chi connectivity index (χ4v) is 3.37. The standard InChI is InChI=1S/C17H23N5O3/c1-11-19-16(25-20-11)14-8-22(17(23)15-5-6-18-21(15)2)7-13(14)10-24-9-12-3-4-12/h5-6,12-14H,3-4,7-10H2,1-2H3/t13-,14+/m0/s1.